The number of sulfonamides is 1. The smallest absolute Gasteiger partial charge is 0.242 e. The van der Waals surface area contributed by atoms with E-state index < -0.39 is 10.0 Å². The van der Waals surface area contributed by atoms with Crippen LogP contribution >= 0.6 is 11.3 Å². The summed E-state index contributed by atoms with van der Waals surface area (Å²) >= 11 is 1.46. The molecule has 4 rings (SSSR count). The van der Waals surface area contributed by atoms with E-state index in [9.17, 15) is 13.2 Å². The summed E-state index contributed by atoms with van der Waals surface area (Å²) < 4.78 is 28.1. The Labute approximate surface area is 203 Å². The molecule has 0 saturated heterocycles. The minimum atomic E-state index is -3.55. The fraction of sp³-hybridized carbons (Fsp3) is 0.292. The second-order valence-corrected chi connectivity index (χ2v) is 11.2. The summed E-state index contributed by atoms with van der Waals surface area (Å²) in [7, 11) is -0.545. The third-order valence-corrected chi connectivity index (χ3v) is 8.48. The lowest BCUT2D eigenvalue weighted by molar-refractivity contribution is -0.116. The SMILES string of the molecule is CCn1c(CCC(=O)Nc2nc(C)c(-c3ccccc3)s2)nc2cc(S(=O)(=O)N(C)C)ccc21. The number of imidazole rings is 1. The van der Waals surface area contributed by atoms with Crippen molar-refractivity contribution in [1.82, 2.24) is 18.8 Å². The van der Waals surface area contributed by atoms with Gasteiger partial charge in [0.05, 0.1) is 26.5 Å². The van der Waals surface area contributed by atoms with E-state index in [0.717, 1.165) is 27.5 Å². The van der Waals surface area contributed by atoms with E-state index in [2.05, 4.69) is 15.3 Å². The number of aromatic nitrogens is 3. The third-order valence-electron chi connectivity index (χ3n) is 5.55. The van der Waals surface area contributed by atoms with Gasteiger partial charge in [-0.05, 0) is 37.6 Å². The molecule has 0 spiro atoms. The fourth-order valence-corrected chi connectivity index (χ4v) is 5.70. The number of fused-ring (bicyclic) bond motifs is 1. The number of carbonyl (C=O) groups excluding carboxylic acids is 1. The summed E-state index contributed by atoms with van der Waals surface area (Å²) in [6.45, 7) is 4.60. The molecule has 8 nitrogen and oxygen atoms in total. The minimum Gasteiger partial charge on any atom is -0.328 e. The molecule has 1 N–H and O–H groups in total. The lowest BCUT2D eigenvalue weighted by Crippen LogP contribution is -2.22. The van der Waals surface area contributed by atoms with E-state index in [1.165, 1.54) is 29.7 Å². The number of amides is 1. The lowest BCUT2D eigenvalue weighted by atomic mass is 10.2. The Morgan fingerprint density at radius 3 is 2.53 bits per heavy atom. The first-order chi connectivity index (χ1) is 16.2. The zero-order valence-corrected chi connectivity index (χ0v) is 21.2. The monoisotopic (exact) mass is 497 g/mol. The Bertz CT molecular complexity index is 1440. The molecule has 0 aliphatic carbocycles. The highest BCUT2D eigenvalue weighted by Gasteiger charge is 2.20. The molecule has 4 aromatic rings. The van der Waals surface area contributed by atoms with Crippen molar-refractivity contribution in [2.24, 2.45) is 0 Å². The second kappa shape index (κ2) is 9.65. The van der Waals surface area contributed by atoms with E-state index in [0.29, 0.717) is 23.6 Å². The van der Waals surface area contributed by atoms with Crippen LogP contribution in [0.15, 0.2) is 53.4 Å². The van der Waals surface area contributed by atoms with Crippen molar-refractivity contribution >= 4 is 43.4 Å². The predicted molar refractivity (Wildman–Crippen MR) is 136 cm³/mol. The van der Waals surface area contributed by atoms with E-state index in [-0.39, 0.29) is 17.2 Å². The van der Waals surface area contributed by atoms with Crippen LogP contribution in [0.2, 0.25) is 0 Å². The highest BCUT2D eigenvalue weighted by molar-refractivity contribution is 7.89. The Kier molecular flexibility index (Phi) is 6.83. The van der Waals surface area contributed by atoms with Crippen LogP contribution in [0, 0.1) is 6.92 Å². The number of rotatable bonds is 8. The van der Waals surface area contributed by atoms with Gasteiger partial charge in [-0.25, -0.2) is 22.7 Å². The van der Waals surface area contributed by atoms with E-state index >= 15 is 0 Å². The van der Waals surface area contributed by atoms with Crippen LogP contribution in [-0.4, -0.2) is 47.3 Å². The molecule has 0 aliphatic rings. The highest BCUT2D eigenvalue weighted by Crippen LogP contribution is 2.32. The zero-order valence-electron chi connectivity index (χ0n) is 19.6. The molecular weight excluding hydrogens is 470 g/mol. The van der Waals surface area contributed by atoms with Crippen molar-refractivity contribution in [3.8, 4) is 10.4 Å². The standard InChI is InChI=1S/C24H27N5O3S2/c1-5-29-20-12-11-18(34(31,32)28(3)4)15-19(20)26-21(29)13-14-22(30)27-24-25-16(2)23(33-24)17-9-7-6-8-10-17/h6-12,15H,5,13-14H2,1-4H3,(H,25,27,30). The van der Waals surface area contributed by atoms with E-state index in [4.69, 9.17) is 0 Å². The molecule has 1 amide bonds. The Balaban J connectivity index is 1.49. The molecule has 34 heavy (non-hydrogen) atoms. The topological polar surface area (TPSA) is 97.2 Å². The van der Waals surface area contributed by atoms with Crippen LogP contribution in [0.5, 0.6) is 0 Å². The van der Waals surface area contributed by atoms with Crippen molar-refractivity contribution in [2.45, 2.75) is 38.1 Å². The van der Waals surface area contributed by atoms with Crippen molar-refractivity contribution in [1.29, 1.82) is 0 Å². The van der Waals surface area contributed by atoms with Gasteiger partial charge in [-0.2, -0.15) is 0 Å². The van der Waals surface area contributed by atoms with Gasteiger partial charge < -0.3 is 9.88 Å². The van der Waals surface area contributed by atoms with Gasteiger partial charge in [0.1, 0.15) is 5.82 Å². The van der Waals surface area contributed by atoms with Crippen LogP contribution in [0.4, 0.5) is 5.13 Å². The number of aryl methyl sites for hydroxylation is 3. The Morgan fingerprint density at radius 1 is 1.12 bits per heavy atom. The van der Waals surface area contributed by atoms with Crippen LogP contribution < -0.4 is 5.32 Å². The Morgan fingerprint density at radius 2 is 1.85 bits per heavy atom. The number of benzene rings is 2. The molecule has 0 bridgehead atoms. The largest absolute Gasteiger partial charge is 0.328 e. The van der Waals surface area contributed by atoms with Gasteiger partial charge in [0, 0.05) is 33.5 Å². The number of nitrogens with zero attached hydrogens (tertiary/aromatic N) is 4. The summed E-state index contributed by atoms with van der Waals surface area (Å²) in [4.78, 5) is 23.0. The first kappa shape index (κ1) is 24.1. The normalized spacial score (nSPS) is 11.9. The molecule has 0 saturated carbocycles. The maximum absolute atomic E-state index is 12.7. The molecule has 2 heterocycles. The average molecular weight is 498 g/mol. The molecule has 0 radical (unpaired) electrons. The summed E-state index contributed by atoms with van der Waals surface area (Å²) in [5.74, 6) is 0.603. The van der Waals surface area contributed by atoms with Crippen molar-refractivity contribution in [3.05, 3.63) is 60.0 Å². The highest BCUT2D eigenvalue weighted by atomic mass is 32.2. The van der Waals surface area contributed by atoms with Gasteiger partial charge in [-0.15, -0.1) is 0 Å². The molecular formula is C24H27N5O3S2. The van der Waals surface area contributed by atoms with Gasteiger partial charge in [0.15, 0.2) is 5.13 Å². The molecule has 2 aromatic heterocycles. The maximum atomic E-state index is 12.7. The van der Waals surface area contributed by atoms with Crippen LogP contribution in [0.25, 0.3) is 21.5 Å². The second-order valence-electron chi connectivity index (χ2n) is 8.06. The molecule has 2 aromatic carbocycles. The van der Waals surface area contributed by atoms with Crippen molar-refractivity contribution < 1.29 is 13.2 Å². The first-order valence-electron chi connectivity index (χ1n) is 10.9. The van der Waals surface area contributed by atoms with Gasteiger partial charge >= 0.3 is 0 Å². The van der Waals surface area contributed by atoms with Gasteiger partial charge in [-0.3, -0.25) is 4.79 Å². The van der Waals surface area contributed by atoms with Crippen LogP contribution in [0.3, 0.4) is 0 Å². The number of anilines is 1. The van der Waals surface area contributed by atoms with Gasteiger partial charge in [0.25, 0.3) is 0 Å². The summed E-state index contributed by atoms with van der Waals surface area (Å²) in [6, 6.07) is 14.9. The number of hydrogen-bond donors (Lipinski definition) is 1. The van der Waals surface area contributed by atoms with Gasteiger partial charge in [0.2, 0.25) is 15.9 Å². The summed E-state index contributed by atoms with van der Waals surface area (Å²) in [6.07, 6.45) is 0.672. The van der Waals surface area contributed by atoms with Crippen molar-refractivity contribution in [3.63, 3.8) is 0 Å². The maximum Gasteiger partial charge on any atom is 0.242 e. The molecule has 0 fully saturated rings. The van der Waals surface area contributed by atoms with Crippen LogP contribution in [0.1, 0.15) is 24.9 Å². The number of thiazole rings is 1. The summed E-state index contributed by atoms with van der Waals surface area (Å²) in [5, 5.41) is 3.48. The fourth-order valence-electron chi connectivity index (χ4n) is 3.79. The van der Waals surface area contributed by atoms with E-state index in [1.54, 1.807) is 18.2 Å². The quantitative estimate of drug-likeness (QED) is 0.391. The third kappa shape index (κ3) is 4.75. The molecule has 0 atom stereocenters. The molecule has 178 valence electrons. The number of carbonyl (C=O) groups is 1. The van der Waals surface area contributed by atoms with Crippen molar-refractivity contribution in [2.75, 3.05) is 19.4 Å². The van der Waals surface area contributed by atoms with Crippen LogP contribution in [-0.2, 0) is 27.8 Å². The Hall–Kier alpha value is -3.08. The molecule has 0 aliphatic heterocycles. The lowest BCUT2D eigenvalue weighted by Gasteiger charge is -2.11. The van der Waals surface area contributed by atoms with E-state index in [1.807, 2.05) is 48.7 Å². The number of hydrogen-bond acceptors (Lipinski definition) is 6. The first-order valence-corrected chi connectivity index (χ1v) is 13.2. The minimum absolute atomic E-state index is 0.140. The zero-order chi connectivity index (χ0) is 24.5. The average Bonchev–Trinajstić information content (AvgIpc) is 3.36. The predicted octanol–water partition coefficient (Wildman–Crippen LogP) is 4.31. The molecule has 0 unspecified atom stereocenters. The number of nitrogens with one attached hydrogen (secondary N) is 1. The van der Waals surface area contributed by atoms with Gasteiger partial charge in [-0.1, -0.05) is 41.7 Å². The molecule has 10 heteroatoms. The summed E-state index contributed by atoms with van der Waals surface area (Å²) in [5.41, 5.74) is 3.40.